The first kappa shape index (κ1) is 16.1. The minimum Gasteiger partial charge on any atom is -0.137 e. The zero-order chi connectivity index (χ0) is 12.9. The van der Waals surface area contributed by atoms with Gasteiger partial charge in [-0.2, -0.15) is 0 Å². The van der Waals surface area contributed by atoms with Gasteiger partial charge in [-0.3, -0.25) is 0 Å². The second-order valence-corrected chi connectivity index (χ2v) is 7.31. The molecule has 18 heavy (non-hydrogen) atoms. The van der Waals surface area contributed by atoms with Gasteiger partial charge in [0.1, 0.15) is 0 Å². The Labute approximate surface area is 122 Å². The Morgan fingerprint density at radius 3 is 2.06 bits per heavy atom. The van der Waals surface area contributed by atoms with Crippen LogP contribution in [0.2, 0.25) is 0 Å². The monoisotopic (exact) mass is 284 g/mol. The van der Waals surface area contributed by atoms with Gasteiger partial charge in [0.2, 0.25) is 0 Å². The molecule has 0 radical (unpaired) electrons. The summed E-state index contributed by atoms with van der Waals surface area (Å²) in [7, 11) is 0. The normalized spacial score (nSPS) is 10.9. The molecule has 0 aliphatic carbocycles. The van der Waals surface area contributed by atoms with Crippen molar-refractivity contribution in [2.45, 2.75) is 75.3 Å². The molecular weight excluding hydrogens is 256 g/mol. The molecule has 0 nitrogen and oxygen atoms in total. The Morgan fingerprint density at radius 1 is 0.889 bits per heavy atom. The SMILES string of the molecule is CCCCCCCCCCCCSc1cccs1. The lowest BCUT2D eigenvalue weighted by molar-refractivity contribution is 0.563. The van der Waals surface area contributed by atoms with Crippen molar-refractivity contribution in [3.05, 3.63) is 17.5 Å². The Balaban J connectivity index is 1.73. The van der Waals surface area contributed by atoms with Crippen molar-refractivity contribution >= 4 is 23.1 Å². The zero-order valence-electron chi connectivity index (χ0n) is 11.8. The summed E-state index contributed by atoms with van der Waals surface area (Å²) in [5, 5.41) is 2.17. The van der Waals surface area contributed by atoms with Crippen molar-refractivity contribution in [1.29, 1.82) is 0 Å². The molecule has 2 heteroatoms. The van der Waals surface area contributed by atoms with E-state index < -0.39 is 0 Å². The van der Waals surface area contributed by atoms with Crippen LogP contribution in [0.1, 0.15) is 71.1 Å². The molecule has 0 unspecified atom stereocenters. The van der Waals surface area contributed by atoms with Gasteiger partial charge in [-0.1, -0.05) is 70.8 Å². The number of hydrogen-bond acceptors (Lipinski definition) is 2. The number of unbranched alkanes of at least 4 members (excludes halogenated alkanes) is 9. The largest absolute Gasteiger partial charge is 0.137 e. The third-order valence-corrected chi connectivity index (χ3v) is 5.45. The summed E-state index contributed by atoms with van der Waals surface area (Å²) in [5.41, 5.74) is 0. The summed E-state index contributed by atoms with van der Waals surface area (Å²) in [6.45, 7) is 2.29. The smallest absolute Gasteiger partial charge is 0.0598 e. The highest BCUT2D eigenvalue weighted by atomic mass is 32.2. The van der Waals surface area contributed by atoms with Crippen molar-refractivity contribution in [3.63, 3.8) is 0 Å². The molecule has 1 heterocycles. The average molecular weight is 285 g/mol. The van der Waals surface area contributed by atoms with Crippen LogP contribution in [0.4, 0.5) is 0 Å². The fraction of sp³-hybridized carbons (Fsp3) is 0.750. The molecule has 0 amide bonds. The molecule has 0 atom stereocenters. The lowest BCUT2D eigenvalue weighted by atomic mass is 10.1. The topological polar surface area (TPSA) is 0 Å². The molecule has 0 fully saturated rings. The lowest BCUT2D eigenvalue weighted by Crippen LogP contribution is -1.83. The first-order valence-electron chi connectivity index (χ1n) is 7.60. The van der Waals surface area contributed by atoms with Crippen LogP contribution in [0, 0.1) is 0 Å². The van der Waals surface area contributed by atoms with Crippen molar-refractivity contribution in [2.75, 3.05) is 5.75 Å². The molecule has 104 valence electrons. The molecule has 1 aromatic rings. The first-order valence-corrected chi connectivity index (χ1v) is 9.46. The van der Waals surface area contributed by atoms with Crippen LogP contribution in [0.3, 0.4) is 0 Å². The van der Waals surface area contributed by atoms with Gasteiger partial charge in [0.15, 0.2) is 0 Å². The van der Waals surface area contributed by atoms with E-state index in [1.165, 1.54) is 74.2 Å². The van der Waals surface area contributed by atoms with Crippen molar-refractivity contribution in [1.82, 2.24) is 0 Å². The molecule has 0 spiro atoms. The molecule has 0 aromatic carbocycles. The number of thioether (sulfide) groups is 1. The Morgan fingerprint density at radius 2 is 1.50 bits per heavy atom. The van der Waals surface area contributed by atoms with E-state index >= 15 is 0 Å². The third-order valence-electron chi connectivity index (χ3n) is 3.24. The van der Waals surface area contributed by atoms with E-state index in [1.807, 2.05) is 23.1 Å². The Hall–Kier alpha value is 0.0500. The lowest BCUT2D eigenvalue weighted by Gasteiger charge is -2.02. The van der Waals surface area contributed by atoms with E-state index in [0.717, 1.165) is 0 Å². The highest BCUT2D eigenvalue weighted by Crippen LogP contribution is 2.24. The maximum absolute atomic E-state index is 2.29. The molecule has 1 rings (SSSR count). The highest BCUT2D eigenvalue weighted by molar-refractivity contribution is 8.01. The summed E-state index contributed by atoms with van der Waals surface area (Å²) in [4.78, 5) is 0. The Kier molecular flexibility index (Phi) is 10.8. The molecule has 0 aliphatic rings. The van der Waals surface area contributed by atoms with Gasteiger partial charge in [-0.15, -0.1) is 23.1 Å². The zero-order valence-corrected chi connectivity index (χ0v) is 13.5. The van der Waals surface area contributed by atoms with Gasteiger partial charge in [0.25, 0.3) is 0 Å². The van der Waals surface area contributed by atoms with Crippen LogP contribution in [-0.4, -0.2) is 5.75 Å². The standard InChI is InChI=1S/C16H28S2/c1-2-3-4-5-6-7-8-9-10-11-14-17-16-13-12-15-18-16/h12-13,15H,2-11,14H2,1H3. The van der Waals surface area contributed by atoms with E-state index in [2.05, 4.69) is 24.4 Å². The summed E-state index contributed by atoms with van der Waals surface area (Å²) in [5.74, 6) is 1.30. The van der Waals surface area contributed by atoms with Crippen LogP contribution in [-0.2, 0) is 0 Å². The molecule has 0 aliphatic heterocycles. The van der Waals surface area contributed by atoms with Crippen molar-refractivity contribution in [2.24, 2.45) is 0 Å². The summed E-state index contributed by atoms with van der Waals surface area (Å²) in [6, 6.07) is 4.37. The number of hydrogen-bond donors (Lipinski definition) is 0. The number of rotatable bonds is 12. The average Bonchev–Trinajstić information content (AvgIpc) is 2.89. The van der Waals surface area contributed by atoms with Crippen molar-refractivity contribution < 1.29 is 0 Å². The quantitative estimate of drug-likeness (QED) is 0.302. The maximum Gasteiger partial charge on any atom is 0.0598 e. The van der Waals surface area contributed by atoms with Gasteiger partial charge in [0, 0.05) is 0 Å². The van der Waals surface area contributed by atoms with Crippen molar-refractivity contribution in [3.8, 4) is 0 Å². The third kappa shape index (κ3) is 9.04. The first-order chi connectivity index (χ1) is 8.93. The molecular formula is C16H28S2. The van der Waals surface area contributed by atoms with E-state index in [9.17, 15) is 0 Å². The Bertz CT molecular complexity index is 254. The fourth-order valence-electron chi connectivity index (χ4n) is 2.11. The van der Waals surface area contributed by atoms with E-state index in [4.69, 9.17) is 0 Å². The van der Waals surface area contributed by atoms with Crippen LogP contribution >= 0.6 is 23.1 Å². The molecule has 0 N–H and O–H groups in total. The summed E-state index contributed by atoms with van der Waals surface area (Å²) >= 11 is 3.89. The summed E-state index contributed by atoms with van der Waals surface area (Å²) in [6.07, 6.45) is 14.3. The minimum atomic E-state index is 1.30. The van der Waals surface area contributed by atoms with Gasteiger partial charge in [0.05, 0.1) is 4.21 Å². The van der Waals surface area contributed by atoms with Crippen LogP contribution < -0.4 is 0 Å². The molecule has 0 bridgehead atoms. The predicted octanol–water partition coefficient (Wildman–Crippen LogP) is 6.76. The van der Waals surface area contributed by atoms with Gasteiger partial charge < -0.3 is 0 Å². The van der Waals surface area contributed by atoms with Gasteiger partial charge >= 0.3 is 0 Å². The highest BCUT2D eigenvalue weighted by Gasteiger charge is 1.95. The second kappa shape index (κ2) is 12.1. The second-order valence-electron chi connectivity index (χ2n) is 4.96. The summed E-state index contributed by atoms with van der Waals surface area (Å²) < 4.78 is 1.48. The van der Waals surface area contributed by atoms with E-state index in [-0.39, 0.29) is 0 Å². The maximum atomic E-state index is 2.29. The minimum absolute atomic E-state index is 1.30. The van der Waals surface area contributed by atoms with Gasteiger partial charge in [-0.05, 0) is 23.6 Å². The number of thiophene rings is 1. The van der Waals surface area contributed by atoms with Crippen LogP contribution in [0.25, 0.3) is 0 Å². The van der Waals surface area contributed by atoms with Crippen LogP contribution in [0.5, 0.6) is 0 Å². The molecule has 0 saturated carbocycles. The van der Waals surface area contributed by atoms with E-state index in [1.54, 1.807) is 0 Å². The van der Waals surface area contributed by atoms with E-state index in [0.29, 0.717) is 0 Å². The predicted molar refractivity (Wildman–Crippen MR) is 86.9 cm³/mol. The molecule has 1 aromatic heterocycles. The van der Waals surface area contributed by atoms with Gasteiger partial charge in [-0.25, -0.2) is 0 Å². The molecule has 0 saturated heterocycles. The van der Waals surface area contributed by atoms with Crippen LogP contribution in [0.15, 0.2) is 21.7 Å². The fourth-order valence-corrected chi connectivity index (χ4v) is 3.97.